The molecule has 2 heteroatoms. The maximum Gasteiger partial charge on any atom is 0.0618 e. The highest BCUT2D eigenvalue weighted by Gasteiger charge is 1.96. The number of para-hydroxylation sites is 1. The molecule has 3 N–H and O–H groups in total. The number of hydrogen-bond acceptors (Lipinski definition) is 2. The molecule has 2 nitrogen and oxygen atoms in total. The Bertz CT molecular complexity index is 410. The first-order valence-electron chi connectivity index (χ1n) is 4.44. The monoisotopic (exact) mass is 183 g/mol. The summed E-state index contributed by atoms with van der Waals surface area (Å²) in [7, 11) is 0. The molecule has 0 spiro atoms. The Morgan fingerprint density at radius 2 is 1.86 bits per heavy atom. The van der Waals surface area contributed by atoms with Crippen LogP contribution in [0.15, 0.2) is 48.5 Å². The molecule has 0 saturated carbocycles. The third-order valence-electron chi connectivity index (χ3n) is 1.95. The van der Waals surface area contributed by atoms with Gasteiger partial charge < -0.3 is 11.1 Å². The van der Waals surface area contributed by atoms with Crippen LogP contribution >= 0.6 is 0 Å². The van der Waals surface area contributed by atoms with Gasteiger partial charge in [-0.05, 0) is 30.3 Å². The first-order chi connectivity index (χ1) is 6.86. The van der Waals surface area contributed by atoms with Crippen molar-refractivity contribution >= 4 is 17.1 Å². The molecular weight excluding hydrogens is 172 g/mol. The van der Waals surface area contributed by atoms with Gasteiger partial charge in [0.25, 0.3) is 0 Å². The van der Waals surface area contributed by atoms with E-state index in [9.17, 15) is 0 Å². The normalized spacial score (nSPS) is 9.71. The van der Waals surface area contributed by atoms with Gasteiger partial charge in [-0.15, -0.1) is 0 Å². The highest BCUT2D eigenvalue weighted by atomic mass is 14.9. The molecule has 2 aromatic rings. The van der Waals surface area contributed by atoms with Crippen LogP contribution in [0.4, 0.5) is 17.1 Å². The SMILES string of the molecule is Nc1c[c]ccc1Nc1ccccc1. The fourth-order valence-electron chi connectivity index (χ4n) is 1.23. The highest BCUT2D eigenvalue weighted by molar-refractivity contribution is 5.71. The van der Waals surface area contributed by atoms with E-state index in [1.807, 2.05) is 42.5 Å². The van der Waals surface area contributed by atoms with Crippen molar-refractivity contribution in [2.75, 3.05) is 11.1 Å². The van der Waals surface area contributed by atoms with Gasteiger partial charge in [-0.3, -0.25) is 0 Å². The van der Waals surface area contributed by atoms with Gasteiger partial charge in [0.2, 0.25) is 0 Å². The van der Waals surface area contributed by atoms with E-state index in [1.54, 1.807) is 6.07 Å². The first-order valence-corrected chi connectivity index (χ1v) is 4.44. The average Bonchev–Trinajstić information content (AvgIpc) is 2.23. The van der Waals surface area contributed by atoms with E-state index in [0.29, 0.717) is 5.69 Å². The molecule has 14 heavy (non-hydrogen) atoms. The second-order valence-electron chi connectivity index (χ2n) is 3.00. The van der Waals surface area contributed by atoms with Crippen LogP contribution in [0.3, 0.4) is 0 Å². The smallest absolute Gasteiger partial charge is 0.0618 e. The minimum atomic E-state index is 0.705. The van der Waals surface area contributed by atoms with Gasteiger partial charge in [0.1, 0.15) is 0 Å². The Morgan fingerprint density at radius 3 is 2.57 bits per heavy atom. The van der Waals surface area contributed by atoms with Crippen molar-refractivity contribution in [2.24, 2.45) is 0 Å². The van der Waals surface area contributed by atoms with Crippen LogP contribution in [0.25, 0.3) is 0 Å². The summed E-state index contributed by atoms with van der Waals surface area (Å²) in [6, 6.07) is 18.3. The van der Waals surface area contributed by atoms with Gasteiger partial charge >= 0.3 is 0 Å². The molecule has 0 amide bonds. The van der Waals surface area contributed by atoms with Gasteiger partial charge in [0.05, 0.1) is 11.4 Å². The number of nitrogens with one attached hydrogen (secondary N) is 1. The standard InChI is InChI=1S/C12H11N2/c13-11-8-4-5-9-12(11)14-10-6-2-1-3-7-10/h1-3,5-9,14H,13H2. The Hall–Kier alpha value is -1.96. The third kappa shape index (κ3) is 1.85. The molecule has 0 aliphatic heterocycles. The topological polar surface area (TPSA) is 38.0 Å². The van der Waals surface area contributed by atoms with Crippen molar-refractivity contribution < 1.29 is 0 Å². The lowest BCUT2D eigenvalue weighted by Crippen LogP contribution is -1.95. The zero-order chi connectivity index (χ0) is 9.80. The summed E-state index contributed by atoms with van der Waals surface area (Å²) in [5, 5.41) is 3.23. The predicted molar refractivity (Wildman–Crippen MR) is 59.4 cm³/mol. The van der Waals surface area contributed by atoms with E-state index in [2.05, 4.69) is 11.4 Å². The van der Waals surface area contributed by atoms with E-state index < -0.39 is 0 Å². The molecule has 0 heterocycles. The van der Waals surface area contributed by atoms with E-state index in [4.69, 9.17) is 5.73 Å². The Balaban J connectivity index is 2.24. The molecular formula is C12H11N2. The summed E-state index contributed by atoms with van der Waals surface area (Å²) in [6.45, 7) is 0. The molecule has 0 atom stereocenters. The summed E-state index contributed by atoms with van der Waals surface area (Å²) in [5.74, 6) is 0. The molecule has 69 valence electrons. The molecule has 0 fully saturated rings. The molecule has 0 aliphatic carbocycles. The third-order valence-corrected chi connectivity index (χ3v) is 1.95. The molecule has 0 aliphatic rings. The van der Waals surface area contributed by atoms with Gasteiger partial charge in [-0.25, -0.2) is 0 Å². The van der Waals surface area contributed by atoms with Crippen molar-refractivity contribution in [2.45, 2.75) is 0 Å². The summed E-state index contributed by atoms with van der Waals surface area (Å²) >= 11 is 0. The van der Waals surface area contributed by atoms with Gasteiger partial charge in [-0.1, -0.05) is 24.3 Å². The molecule has 2 rings (SSSR count). The summed E-state index contributed by atoms with van der Waals surface area (Å²) in [5.41, 5.74) is 8.42. The lowest BCUT2D eigenvalue weighted by molar-refractivity contribution is 1.54. The van der Waals surface area contributed by atoms with E-state index in [0.717, 1.165) is 11.4 Å². The summed E-state index contributed by atoms with van der Waals surface area (Å²) < 4.78 is 0. The summed E-state index contributed by atoms with van der Waals surface area (Å²) in [4.78, 5) is 0. The fraction of sp³-hybridized carbons (Fsp3) is 0. The molecule has 1 radical (unpaired) electrons. The van der Waals surface area contributed by atoms with Crippen molar-refractivity contribution in [3.63, 3.8) is 0 Å². The van der Waals surface area contributed by atoms with Gasteiger partial charge in [0, 0.05) is 5.69 Å². The fourth-order valence-corrected chi connectivity index (χ4v) is 1.23. The number of hydrogen-bond donors (Lipinski definition) is 2. The number of rotatable bonds is 2. The maximum atomic E-state index is 5.77. The quantitative estimate of drug-likeness (QED) is 0.702. The Morgan fingerprint density at radius 1 is 1.07 bits per heavy atom. The van der Waals surface area contributed by atoms with Crippen LogP contribution in [0.1, 0.15) is 0 Å². The van der Waals surface area contributed by atoms with Crippen LogP contribution in [0, 0.1) is 6.07 Å². The van der Waals surface area contributed by atoms with Crippen molar-refractivity contribution in [3.05, 3.63) is 54.6 Å². The number of nitrogens with two attached hydrogens (primary N) is 1. The number of nitrogen functional groups attached to an aromatic ring is 1. The summed E-state index contributed by atoms with van der Waals surface area (Å²) in [6.07, 6.45) is 0. The lowest BCUT2D eigenvalue weighted by atomic mass is 10.2. The average molecular weight is 183 g/mol. The van der Waals surface area contributed by atoms with Crippen LogP contribution in [0.5, 0.6) is 0 Å². The number of benzene rings is 2. The van der Waals surface area contributed by atoms with E-state index >= 15 is 0 Å². The molecule has 0 saturated heterocycles. The molecule has 0 bridgehead atoms. The van der Waals surface area contributed by atoms with Crippen molar-refractivity contribution in [1.82, 2.24) is 0 Å². The van der Waals surface area contributed by atoms with Crippen LogP contribution < -0.4 is 11.1 Å². The highest BCUT2D eigenvalue weighted by Crippen LogP contribution is 2.21. The molecule has 0 aromatic heterocycles. The minimum absolute atomic E-state index is 0.705. The van der Waals surface area contributed by atoms with Gasteiger partial charge in [0.15, 0.2) is 0 Å². The van der Waals surface area contributed by atoms with Crippen molar-refractivity contribution in [3.8, 4) is 0 Å². The second kappa shape index (κ2) is 3.83. The zero-order valence-corrected chi connectivity index (χ0v) is 7.70. The maximum absolute atomic E-state index is 5.77. The predicted octanol–water partition coefficient (Wildman–Crippen LogP) is 2.81. The van der Waals surface area contributed by atoms with E-state index in [-0.39, 0.29) is 0 Å². The largest absolute Gasteiger partial charge is 0.397 e. The number of anilines is 3. The second-order valence-corrected chi connectivity index (χ2v) is 3.00. The van der Waals surface area contributed by atoms with Crippen LogP contribution in [0.2, 0.25) is 0 Å². The minimum Gasteiger partial charge on any atom is -0.397 e. The van der Waals surface area contributed by atoms with E-state index in [1.165, 1.54) is 0 Å². The first kappa shape index (κ1) is 8.63. The molecule has 0 unspecified atom stereocenters. The Kier molecular flexibility index (Phi) is 2.36. The van der Waals surface area contributed by atoms with Crippen LogP contribution in [-0.4, -0.2) is 0 Å². The zero-order valence-electron chi connectivity index (χ0n) is 7.70. The lowest BCUT2D eigenvalue weighted by Gasteiger charge is -2.07. The van der Waals surface area contributed by atoms with Crippen molar-refractivity contribution in [1.29, 1.82) is 0 Å². The molecule has 2 aromatic carbocycles. The Labute approximate surface area is 83.4 Å². The van der Waals surface area contributed by atoms with Crippen LogP contribution in [-0.2, 0) is 0 Å². The van der Waals surface area contributed by atoms with Gasteiger partial charge in [-0.2, -0.15) is 0 Å².